The number of furan rings is 1. The predicted octanol–water partition coefficient (Wildman–Crippen LogP) is 4.92. The minimum Gasteiger partial charge on any atom is -0.493 e. The van der Waals surface area contributed by atoms with Crippen LogP contribution in [0.2, 0.25) is 0 Å². The maximum atomic E-state index is 13.9. The second-order valence-electron chi connectivity index (χ2n) is 7.49. The molecule has 0 aliphatic heterocycles. The summed E-state index contributed by atoms with van der Waals surface area (Å²) in [6.07, 6.45) is 3.78. The summed E-state index contributed by atoms with van der Waals surface area (Å²) >= 11 is 0. The topological polar surface area (TPSA) is 107 Å². The molecule has 0 aliphatic carbocycles. The first-order chi connectivity index (χ1) is 16.0. The van der Waals surface area contributed by atoms with Crippen LogP contribution in [0.4, 0.5) is 10.1 Å². The summed E-state index contributed by atoms with van der Waals surface area (Å²) < 4.78 is 20.8. The Kier molecular flexibility index (Phi) is 5.06. The van der Waals surface area contributed by atoms with Gasteiger partial charge in [-0.3, -0.25) is 14.5 Å². The Bertz CT molecular complexity index is 1460. The lowest BCUT2D eigenvalue weighted by Crippen LogP contribution is -2.01. The van der Waals surface area contributed by atoms with E-state index in [1.807, 2.05) is 30.3 Å². The Morgan fingerprint density at radius 2 is 1.85 bits per heavy atom. The van der Waals surface area contributed by atoms with Crippen LogP contribution in [0.25, 0.3) is 16.9 Å². The molecule has 0 fully saturated rings. The van der Waals surface area contributed by atoms with Crippen LogP contribution in [-0.4, -0.2) is 24.4 Å². The Balaban J connectivity index is 1.68. The fourth-order valence-electron chi connectivity index (χ4n) is 3.70. The second-order valence-corrected chi connectivity index (χ2v) is 7.49. The van der Waals surface area contributed by atoms with Crippen molar-refractivity contribution in [3.05, 3.63) is 112 Å². The summed E-state index contributed by atoms with van der Waals surface area (Å²) in [5.74, 6) is -0.378. The lowest BCUT2D eigenvalue weighted by atomic mass is 10.1. The molecule has 1 N–H and O–H groups in total. The van der Waals surface area contributed by atoms with Gasteiger partial charge in [-0.05, 0) is 29.8 Å². The minimum absolute atomic E-state index is 0.0871. The molecule has 0 spiro atoms. The molecule has 0 unspecified atom stereocenters. The maximum absolute atomic E-state index is 13.9. The molecule has 3 aromatic heterocycles. The second kappa shape index (κ2) is 8.19. The van der Waals surface area contributed by atoms with Crippen LogP contribution in [0.3, 0.4) is 0 Å². The standard InChI is InChI=1S/C24H17FN4O4/c25-18-9-8-16(12-22(18)29(31)32)21-14-28-23(19(26-21)11-15-5-2-1-3-6-15)27-20(24(28)30)13-17-7-4-10-33-17/h1-10,12,14,30H,11,13H2. The van der Waals surface area contributed by atoms with E-state index in [0.717, 1.165) is 17.7 Å². The highest BCUT2D eigenvalue weighted by Crippen LogP contribution is 2.30. The quantitative estimate of drug-likeness (QED) is 0.294. The van der Waals surface area contributed by atoms with Crippen LogP contribution >= 0.6 is 0 Å². The van der Waals surface area contributed by atoms with Crippen LogP contribution in [0, 0.1) is 15.9 Å². The molecule has 164 valence electrons. The third-order valence-corrected chi connectivity index (χ3v) is 5.30. The van der Waals surface area contributed by atoms with Gasteiger partial charge in [0.15, 0.2) is 5.65 Å². The van der Waals surface area contributed by atoms with Gasteiger partial charge in [0.2, 0.25) is 11.7 Å². The van der Waals surface area contributed by atoms with E-state index in [1.165, 1.54) is 16.7 Å². The van der Waals surface area contributed by atoms with E-state index < -0.39 is 16.4 Å². The number of hydrogen-bond donors (Lipinski definition) is 1. The molecule has 0 atom stereocenters. The largest absolute Gasteiger partial charge is 0.493 e. The van der Waals surface area contributed by atoms with Crippen molar-refractivity contribution in [1.29, 1.82) is 0 Å². The number of hydrogen-bond acceptors (Lipinski definition) is 6. The van der Waals surface area contributed by atoms with Gasteiger partial charge in [0.05, 0.1) is 29.0 Å². The summed E-state index contributed by atoms with van der Waals surface area (Å²) in [6, 6.07) is 16.7. The molecule has 0 radical (unpaired) electrons. The monoisotopic (exact) mass is 444 g/mol. The summed E-state index contributed by atoms with van der Waals surface area (Å²) in [7, 11) is 0. The van der Waals surface area contributed by atoms with Crippen LogP contribution < -0.4 is 0 Å². The SMILES string of the molecule is O=[N+]([O-])c1cc(-c2cn3c(O)c(Cc4ccco4)nc3c(Cc3ccccc3)n2)ccc1F. The van der Waals surface area contributed by atoms with Crippen molar-refractivity contribution in [2.45, 2.75) is 12.8 Å². The van der Waals surface area contributed by atoms with E-state index in [2.05, 4.69) is 9.97 Å². The first-order valence-electron chi connectivity index (χ1n) is 10.1. The van der Waals surface area contributed by atoms with Gasteiger partial charge in [-0.2, -0.15) is 4.39 Å². The Labute approximate surface area is 186 Å². The van der Waals surface area contributed by atoms with Gasteiger partial charge in [0.25, 0.3) is 0 Å². The van der Waals surface area contributed by atoms with Crippen molar-refractivity contribution >= 4 is 11.3 Å². The molecule has 9 heteroatoms. The van der Waals surface area contributed by atoms with Crippen molar-refractivity contribution in [3.8, 4) is 17.1 Å². The van der Waals surface area contributed by atoms with E-state index >= 15 is 0 Å². The molecule has 5 rings (SSSR count). The number of halogens is 1. The van der Waals surface area contributed by atoms with Crippen LogP contribution in [0.5, 0.6) is 5.88 Å². The fourth-order valence-corrected chi connectivity index (χ4v) is 3.70. The average molecular weight is 444 g/mol. The normalized spacial score (nSPS) is 11.2. The van der Waals surface area contributed by atoms with Crippen molar-refractivity contribution in [2.24, 2.45) is 0 Å². The highest BCUT2D eigenvalue weighted by atomic mass is 19.1. The number of benzene rings is 2. The number of nitrogens with zero attached hydrogens (tertiary/aromatic N) is 4. The first-order valence-corrected chi connectivity index (χ1v) is 10.1. The molecular formula is C24H17FN4O4. The van der Waals surface area contributed by atoms with E-state index in [1.54, 1.807) is 18.4 Å². The smallest absolute Gasteiger partial charge is 0.305 e. The van der Waals surface area contributed by atoms with Gasteiger partial charge in [-0.25, -0.2) is 9.97 Å². The number of nitro groups is 1. The molecule has 3 heterocycles. The van der Waals surface area contributed by atoms with Gasteiger partial charge in [-0.15, -0.1) is 0 Å². The van der Waals surface area contributed by atoms with Crippen molar-refractivity contribution in [1.82, 2.24) is 14.4 Å². The Morgan fingerprint density at radius 1 is 1.03 bits per heavy atom. The number of nitro benzene ring substituents is 1. The molecule has 0 saturated heterocycles. The third kappa shape index (κ3) is 3.91. The maximum Gasteiger partial charge on any atom is 0.305 e. The number of rotatable bonds is 6. The van der Waals surface area contributed by atoms with Crippen molar-refractivity contribution in [3.63, 3.8) is 0 Å². The van der Waals surface area contributed by atoms with Gasteiger partial charge in [0.1, 0.15) is 11.5 Å². The van der Waals surface area contributed by atoms with E-state index in [4.69, 9.17) is 4.42 Å². The van der Waals surface area contributed by atoms with Crippen LogP contribution in [0.1, 0.15) is 22.7 Å². The average Bonchev–Trinajstić information content (AvgIpc) is 3.43. The summed E-state index contributed by atoms with van der Waals surface area (Å²) in [5, 5.41) is 22.1. The van der Waals surface area contributed by atoms with Crippen LogP contribution in [0.15, 0.2) is 77.5 Å². The predicted molar refractivity (Wildman–Crippen MR) is 117 cm³/mol. The lowest BCUT2D eigenvalue weighted by molar-refractivity contribution is -0.387. The van der Waals surface area contributed by atoms with Gasteiger partial charge in [-0.1, -0.05) is 30.3 Å². The van der Waals surface area contributed by atoms with E-state index in [9.17, 15) is 19.6 Å². The number of fused-ring (bicyclic) bond motifs is 1. The molecule has 0 bridgehead atoms. The van der Waals surface area contributed by atoms with Crippen molar-refractivity contribution in [2.75, 3.05) is 0 Å². The Hall–Kier alpha value is -4.53. The number of aromatic hydroxyl groups is 1. The Morgan fingerprint density at radius 3 is 2.58 bits per heavy atom. The summed E-state index contributed by atoms with van der Waals surface area (Å²) in [4.78, 5) is 19.7. The highest BCUT2D eigenvalue weighted by Gasteiger charge is 2.20. The number of imidazole rings is 1. The molecule has 0 saturated carbocycles. The molecule has 0 amide bonds. The zero-order chi connectivity index (χ0) is 22.9. The summed E-state index contributed by atoms with van der Waals surface area (Å²) in [5.41, 5.74) is 2.44. The molecule has 33 heavy (non-hydrogen) atoms. The van der Waals surface area contributed by atoms with E-state index in [0.29, 0.717) is 40.5 Å². The molecule has 5 aromatic rings. The third-order valence-electron chi connectivity index (χ3n) is 5.30. The zero-order valence-electron chi connectivity index (χ0n) is 17.2. The number of aromatic nitrogens is 3. The van der Waals surface area contributed by atoms with Gasteiger partial charge in [0, 0.05) is 24.2 Å². The lowest BCUT2D eigenvalue weighted by Gasteiger charge is -2.09. The molecular weight excluding hydrogens is 427 g/mol. The molecule has 8 nitrogen and oxygen atoms in total. The molecule has 0 aliphatic rings. The fraction of sp³-hybridized carbons (Fsp3) is 0.0833. The van der Waals surface area contributed by atoms with Crippen molar-refractivity contribution < 1.29 is 18.8 Å². The van der Waals surface area contributed by atoms with Crippen LogP contribution in [-0.2, 0) is 12.8 Å². The summed E-state index contributed by atoms with van der Waals surface area (Å²) in [6.45, 7) is 0. The molecule has 2 aromatic carbocycles. The minimum atomic E-state index is -0.930. The van der Waals surface area contributed by atoms with E-state index in [-0.39, 0.29) is 12.3 Å². The zero-order valence-corrected chi connectivity index (χ0v) is 17.2. The van der Waals surface area contributed by atoms with Gasteiger partial charge >= 0.3 is 5.69 Å². The van der Waals surface area contributed by atoms with Gasteiger partial charge < -0.3 is 9.52 Å². The first kappa shape index (κ1) is 20.4. The highest BCUT2D eigenvalue weighted by molar-refractivity contribution is 5.65.